The molecule has 0 bridgehead atoms. The molecule has 0 saturated heterocycles. The maximum absolute atomic E-state index is 10.7. The highest BCUT2D eigenvalue weighted by Gasteiger charge is 2.09. The van der Waals surface area contributed by atoms with Crippen molar-refractivity contribution in [2.75, 3.05) is 0 Å². The third kappa shape index (κ3) is 1.62. The summed E-state index contributed by atoms with van der Waals surface area (Å²) in [5.74, 6) is 0. The number of rotatable bonds is 2. The molecule has 0 heterocycles. The molecular formula is C11H8N2O. The lowest BCUT2D eigenvalue weighted by molar-refractivity contribution is 0.112. The summed E-state index contributed by atoms with van der Waals surface area (Å²) in [6, 6.07) is 7.38. The number of benzene rings is 1. The van der Waals surface area contributed by atoms with Crippen LogP contribution < -0.4 is 0 Å². The molecule has 0 atom stereocenters. The fourth-order valence-corrected chi connectivity index (χ4v) is 1.29. The highest BCUT2D eigenvalue weighted by Crippen LogP contribution is 2.16. The van der Waals surface area contributed by atoms with Gasteiger partial charge in [-0.05, 0) is 18.1 Å². The zero-order chi connectivity index (χ0) is 10.6. The summed E-state index contributed by atoms with van der Waals surface area (Å²) in [5.41, 5.74) is 2.09. The molecule has 14 heavy (non-hydrogen) atoms. The van der Waals surface area contributed by atoms with Crippen molar-refractivity contribution in [1.82, 2.24) is 0 Å². The van der Waals surface area contributed by atoms with Gasteiger partial charge in [-0.1, -0.05) is 12.1 Å². The molecule has 1 aromatic carbocycles. The van der Waals surface area contributed by atoms with Crippen molar-refractivity contribution in [2.45, 2.75) is 13.3 Å². The van der Waals surface area contributed by atoms with Crippen LogP contribution in [0.5, 0.6) is 0 Å². The summed E-state index contributed by atoms with van der Waals surface area (Å²) in [6.45, 7) is 1.76. The van der Waals surface area contributed by atoms with Gasteiger partial charge in [0.2, 0.25) is 0 Å². The van der Waals surface area contributed by atoms with E-state index >= 15 is 0 Å². The molecule has 0 unspecified atom stereocenters. The van der Waals surface area contributed by atoms with Gasteiger partial charge in [-0.25, -0.2) is 0 Å². The Labute approximate surface area is 82.2 Å². The predicted octanol–water partition coefficient (Wildman–Crippen LogP) is 1.75. The van der Waals surface area contributed by atoms with Crippen LogP contribution in [0, 0.1) is 29.6 Å². The summed E-state index contributed by atoms with van der Waals surface area (Å²) in [7, 11) is 0. The maximum Gasteiger partial charge on any atom is 0.151 e. The van der Waals surface area contributed by atoms with Crippen LogP contribution in [-0.2, 0) is 6.42 Å². The molecule has 0 spiro atoms. The van der Waals surface area contributed by atoms with Gasteiger partial charge >= 0.3 is 0 Å². The van der Waals surface area contributed by atoms with Gasteiger partial charge in [-0.2, -0.15) is 10.5 Å². The molecule has 0 aliphatic rings. The maximum atomic E-state index is 10.7. The Hall–Kier alpha value is -2.13. The van der Waals surface area contributed by atoms with Gasteiger partial charge in [0.1, 0.15) is 6.07 Å². The summed E-state index contributed by atoms with van der Waals surface area (Å²) in [5, 5.41) is 17.4. The zero-order valence-electron chi connectivity index (χ0n) is 7.74. The minimum absolute atomic E-state index is 0.157. The van der Waals surface area contributed by atoms with Gasteiger partial charge in [0, 0.05) is 5.56 Å². The van der Waals surface area contributed by atoms with Crippen molar-refractivity contribution in [3.8, 4) is 12.1 Å². The minimum Gasteiger partial charge on any atom is -0.298 e. The van der Waals surface area contributed by atoms with E-state index in [9.17, 15) is 4.79 Å². The Balaban J connectivity index is 3.44. The highest BCUT2D eigenvalue weighted by molar-refractivity contribution is 5.82. The molecule has 0 fully saturated rings. The Morgan fingerprint density at radius 3 is 2.64 bits per heavy atom. The van der Waals surface area contributed by atoms with Crippen molar-refractivity contribution in [2.24, 2.45) is 0 Å². The van der Waals surface area contributed by atoms with E-state index in [0.717, 1.165) is 5.56 Å². The number of carbonyl (C=O) groups excluding carboxylic acids is 1. The average molecular weight is 184 g/mol. The number of carbonyl (C=O) groups is 1. The molecule has 0 amide bonds. The first kappa shape index (κ1) is 9.95. The van der Waals surface area contributed by atoms with Gasteiger partial charge in [0.15, 0.2) is 6.29 Å². The van der Waals surface area contributed by atoms with E-state index in [2.05, 4.69) is 0 Å². The molecule has 0 aliphatic heterocycles. The predicted molar refractivity (Wildman–Crippen MR) is 50.6 cm³/mol. The van der Waals surface area contributed by atoms with Crippen LogP contribution >= 0.6 is 0 Å². The normalized spacial score (nSPS) is 8.79. The molecule has 1 aromatic rings. The fourth-order valence-electron chi connectivity index (χ4n) is 1.29. The number of aryl methyl sites for hydroxylation is 1. The van der Waals surface area contributed by atoms with Gasteiger partial charge in [0.25, 0.3) is 0 Å². The molecule has 0 aromatic heterocycles. The van der Waals surface area contributed by atoms with E-state index < -0.39 is 0 Å². The van der Waals surface area contributed by atoms with Gasteiger partial charge < -0.3 is 0 Å². The monoisotopic (exact) mass is 184 g/mol. The van der Waals surface area contributed by atoms with E-state index in [0.29, 0.717) is 23.0 Å². The van der Waals surface area contributed by atoms with Crippen LogP contribution in [0.3, 0.4) is 0 Å². The zero-order valence-corrected chi connectivity index (χ0v) is 7.74. The molecule has 0 radical (unpaired) electrons. The first-order chi connectivity index (χ1) is 6.74. The average Bonchev–Trinajstić information content (AvgIpc) is 2.20. The van der Waals surface area contributed by atoms with Gasteiger partial charge in [-0.3, -0.25) is 4.79 Å². The molecule has 1 rings (SSSR count). The summed E-state index contributed by atoms with van der Waals surface area (Å²) in [4.78, 5) is 10.7. The standard InChI is InChI=1S/C11H8N2O/c1-8-2-3-9(4-5-12)10(6-13)11(8)7-14/h2-3,7H,4H2,1H3. The lowest BCUT2D eigenvalue weighted by Gasteiger charge is -2.04. The van der Waals surface area contributed by atoms with Crippen molar-refractivity contribution in [3.05, 3.63) is 34.4 Å². The number of hydrogen-bond acceptors (Lipinski definition) is 3. The third-order valence-electron chi connectivity index (χ3n) is 2.05. The van der Waals surface area contributed by atoms with Crippen molar-refractivity contribution in [3.63, 3.8) is 0 Å². The van der Waals surface area contributed by atoms with Crippen molar-refractivity contribution < 1.29 is 4.79 Å². The SMILES string of the molecule is Cc1ccc(CC#N)c(C#N)c1C=O. The van der Waals surface area contributed by atoms with Crippen LogP contribution in [0.25, 0.3) is 0 Å². The Morgan fingerprint density at radius 1 is 1.43 bits per heavy atom. The van der Waals surface area contributed by atoms with Crippen molar-refractivity contribution >= 4 is 6.29 Å². The van der Waals surface area contributed by atoms with Gasteiger partial charge in [0.05, 0.1) is 18.1 Å². The topological polar surface area (TPSA) is 64.7 Å². The largest absolute Gasteiger partial charge is 0.298 e. The fraction of sp³-hybridized carbons (Fsp3) is 0.182. The number of nitriles is 2. The smallest absolute Gasteiger partial charge is 0.151 e. The highest BCUT2D eigenvalue weighted by atomic mass is 16.1. The first-order valence-corrected chi connectivity index (χ1v) is 4.09. The first-order valence-electron chi connectivity index (χ1n) is 4.09. The van der Waals surface area contributed by atoms with E-state index in [4.69, 9.17) is 10.5 Å². The lowest BCUT2D eigenvalue weighted by Crippen LogP contribution is -1.97. The van der Waals surface area contributed by atoms with Crippen LogP contribution in [0.15, 0.2) is 12.1 Å². The molecule has 3 heteroatoms. The minimum atomic E-state index is 0.157. The number of aldehydes is 1. The number of nitrogens with zero attached hydrogens (tertiary/aromatic N) is 2. The van der Waals surface area contributed by atoms with Crippen LogP contribution in [0.1, 0.15) is 27.0 Å². The second kappa shape index (κ2) is 4.20. The molecule has 0 saturated carbocycles. The van der Waals surface area contributed by atoms with Crippen molar-refractivity contribution in [1.29, 1.82) is 10.5 Å². The Kier molecular flexibility index (Phi) is 2.99. The van der Waals surface area contributed by atoms with E-state index in [1.165, 1.54) is 0 Å². The lowest BCUT2D eigenvalue weighted by atomic mass is 9.97. The second-order valence-corrected chi connectivity index (χ2v) is 2.89. The number of hydrogen-bond donors (Lipinski definition) is 0. The van der Waals surface area contributed by atoms with E-state index in [1.807, 2.05) is 12.1 Å². The van der Waals surface area contributed by atoms with E-state index in [1.54, 1.807) is 19.1 Å². The quantitative estimate of drug-likeness (QED) is 0.657. The molecular weight excluding hydrogens is 176 g/mol. The Morgan fingerprint density at radius 2 is 2.14 bits per heavy atom. The third-order valence-corrected chi connectivity index (χ3v) is 2.05. The molecule has 3 nitrogen and oxygen atoms in total. The van der Waals surface area contributed by atoms with Crippen LogP contribution in [-0.4, -0.2) is 6.29 Å². The van der Waals surface area contributed by atoms with Crippen LogP contribution in [0.4, 0.5) is 0 Å². The second-order valence-electron chi connectivity index (χ2n) is 2.89. The molecule has 0 aliphatic carbocycles. The van der Waals surface area contributed by atoms with Crippen LogP contribution in [0.2, 0.25) is 0 Å². The molecule has 68 valence electrons. The Bertz CT molecular complexity index is 450. The van der Waals surface area contributed by atoms with E-state index in [-0.39, 0.29) is 6.42 Å². The summed E-state index contributed by atoms with van der Waals surface area (Å²) >= 11 is 0. The summed E-state index contributed by atoms with van der Waals surface area (Å²) < 4.78 is 0. The summed E-state index contributed by atoms with van der Waals surface area (Å²) in [6.07, 6.45) is 0.818. The van der Waals surface area contributed by atoms with Gasteiger partial charge in [-0.15, -0.1) is 0 Å². The molecule has 0 N–H and O–H groups in total.